The lowest BCUT2D eigenvalue weighted by atomic mass is 9.97. The van der Waals surface area contributed by atoms with Crippen molar-refractivity contribution >= 4 is 17.2 Å². The number of amides is 1. The molecule has 1 N–H and O–H groups in total. The van der Waals surface area contributed by atoms with Crippen molar-refractivity contribution in [3.05, 3.63) is 45.9 Å². The predicted octanol–water partition coefficient (Wildman–Crippen LogP) is 3.59. The number of carbonyl (C=O) groups is 1. The molecule has 0 saturated heterocycles. The molecule has 1 saturated carbocycles. The summed E-state index contributed by atoms with van der Waals surface area (Å²) in [5.41, 5.74) is 1.72. The number of methoxy groups -OCH3 is 1. The smallest absolute Gasteiger partial charge is 0.225 e. The third-order valence-corrected chi connectivity index (χ3v) is 5.53. The molecular weight excluding hydrogens is 308 g/mol. The van der Waals surface area contributed by atoms with Crippen LogP contribution in [0.3, 0.4) is 0 Å². The van der Waals surface area contributed by atoms with Crippen LogP contribution in [0.15, 0.2) is 29.6 Å². The maximum atomic E-state index is 12.6. The summed E-state index contributed by atoms with van der Waals surface area (Å²) in [4.78, 5) is 17.2. The molecule has 2 aromatic rings. The van der Waals surface area contributed by atoms with Gasteiger partial charge in [0, 0.05) is 11.1 Å². The Kier molecular flexibility index (Phi) is 4.66. The molecule has 1 amide bonds. The summed E-state index contributed by atoms with van der Waals surface area (Å²) < 4.78 is 5.22. The number of nitrogens with one attached hydrogen (secondary N) is 1. The van der Waals surface area contributed by atoms with Crippen molar-refractivity contribution in [3.8, 4) is 5.75 Å². The molecule has 5 heteroatoms. The average Bonchev–Trinajstić information content (AvgIpc) is 3.17. The van der Waals surface area contributed by atoms with Crippen LogP contribution in [0, 0.1) is 6.92 Å². The highest BCUT2D eigenvalue weighted by atomic mass is 32.1. The number of hydrogen-bond donors (Lipinski definition) is 1. The van der Waals surface area contributed by atoms with Crippen molar-refractivity contribution in [2.24, 2.45) is 0 Å². The van der Waals surface area contributed by atoms with Crippen molar-refractivity contribution in [2.75, 3.05) is 7.11 Å². The summed E-state index contributed by atoms with van der Waals surface area (Å²) in [5.74, 6) is 0.828. The molecule has 0 radical (unpaired) electrons. The lowest BCUT2D eigenvalue weighted by molar-refractivity contribution is -0.122. The van der Waals surface area contributed by atoms with E-state index in [0.29, 0.717) is 6.42 Å². The first-order valence-electron chi connectivity index (χ1n) is 7.98. The van der Waals surface area contributed by atoms with Crippen molar-refractivity contribution in [3.63, 3.8) is 0 Å². The van der Waals surface area contributed by atoms with Gasteiger partial charge in [-0.1, -0.05) is 25.0 Å². The molecule has 4 nitrogen and oxygen atoms in total. The highest BCUT2D eigenvalue weighted by Gasteiger charge is 2.39. The van der Waals surface area contributed by atoms with Gasteiger partial charge in [-0.3, -0.25) is 4.79 Å². The first-order chi connectivity index (χ1) is 11.1. The van der Waals surface area contributed by atoms with Crippen LogP contribution in [-0.4, -0.2) is 18.0 Å². The minimum absolute atomic E-state index is 0.0491. The van der Waals surface area contributed by atoms with Gasteiger partial charge in [-0.2, -0.15) is 0 Å². The van der Waals surface area contributed by atoms with Crippen LogP contribution in [0.25, 0.3) is 0 Å². The Morgan fingerprint density at radius 2 is 2.17 bits per heavy atom. The van der Waals surface area contributed by atoms with E-state index in [-0.39, 0.29) is 11.4 Å². The zero-order valence-electron chi connectivity index (χ0n) is 13.6. The zero-order valence-corrected chi connectivity index (χ0v) is 14.4. The molecule has 0 aliphatic heterocycles. The standard InChI is InChI=1S/C18H22N2O2S/c1-13-12-23-17(19-13)18(8-3-4-9-18)20-16(21)11-14-6-5-7-15(10-14)22-2/h5-7,10,12H,3-4,8-9,11H2,1-2H3,(H,20,21). The number of benzene rings is 1. The van der Waals surface area contributed by atoms with Gasteiger partial charge in [-0.15, -0.1) is 11.3 Å². The number of thiazole rings is 1. The molecule has 0 bridgehead atoms. The van der Waals surface area contributed by atoms with Crippen molar-refractivity contribution in [1.82, 2.24) is 10.3 Å². The molecule has 0 atom stereocenters. The van der Waals surface area contributed by atoms with Crippen LogP contribution < -0.4 is 10.1 Å². The van der Waals surface area contributed by atoms with Crippen LogP contribution >= 0.6 is 11.3 Å². The molecule has 23 heavy (non-hydrogen) atoms. The van der Waals surface area contributed by atoms with Gasteiger partial charge in [0.15, 0.2) is 0 Å². The number of nitrogens with zero attached hydrogens (tertiary/aromatic N) is 1. The molecule has 1 fully saturated rings. The minimum Gasteiger partial charge on any atom is -0.497 e. The van der Waals surface area contributed by atoms with Gasteiger partial charge in [-0.05, 0) is 37.5 Å². The van der Waals surface area contributed by atoms with Crippen LogP contribution in [0.1, 0.15) is 41.9 Å². The molecule has 1 aromatic carbocycles. The Morgan fingerprint density at radius 1 is 1.39 bits per heavy atom. The number of hydrogen-bond acceptors (Lipinski definition) is 4. The van der Waals surface area contributed by atoms with Gasteiger partial charge < -0.3 is 10.1 Å². The highest BCUT2D eigenvalue weighted by Crippen LogP contribution is 2.40. The fourth-order valence-electron chi connectivity index (χ4n) is 3.22. The zero-order chi connectivity index (χ0) is 16.3. The summed E-state index contributed by atoms with van der Waals surface area (Å²) in [6.45, 7) is 2.00. The Morgan fingerprint density at radius 3 is 2.83 bits per heavy atom. The number of ether oxygens (including phenoxy) is 1. The van der Waals surface area contributed by atoms with E-state index in [4.69, 9.17) is 4.74 Å². The Labute approximate surface area is 140 Å². The normalized spacial score (nSPS) is 16.3. The van der Waals surface area contributed by atoms with Gasteiger partial charge in [0.25, 0.3) is 0 Å². The van der Waals surface area contributed by atoms with Gasteiger partial charge in [0.05, 0.1) is 19.1 Å². The molecule has 0 spiro atoms. The second-order valence-corrected chi connectivity index (χ2v) is 7.02. The van der Waals surface area contributed by atoms with Crippen LogP contribution in [0.5, 0.6) is 5.75 Å². The maximum absolute atomic E-state index is 12.6. The molecule has 1 aromatic heterocycles. The third kappa shape index (κ3) is 3.55. The largest absolute Gasteiger partial charge is 0.497 e. The van der Waals surface area contributed by atoms with Crippen LogP contribution in [0.4, 0.5) is 0 Å². The fraction of sp³-hybridized carbons (Fsp3) is 0.444. The molecule has 1 aliphatic rings. The maximum Gasteiger partial charge on any atom is 0.225 e. The van der Waals surface area contributed by atoms with Gasteiger partial charge >= 0.3 is 0 Å². The van der Waals surface area contributed by atoms with Crippen molar-refractivity contribution in [2.45, 2.75) is 44.6 Å². The number of rotatable bonds is 5. The van der Waals surface area contributed by atoms with E-state index in [1.807, 2.05) is 31.2 Å². The van der Waals surface area contributed by atoms with Gasteiger partial charge in [0.1, 0.15) is 10.8 Å². The SMILES string of the molecule is COc1cccc(CC(=O)NC2(c3nc(C)cs3)CCCC2)c1. The van der Waals surface area contributed by atoms with E-state index in [2.05, 4.69) is 15.7 Å². The molecule has 3 rings (SSSR count). The molecule has 0 unspecified atom stereocenters. The van der Waals surface area contributed by atoms with E-state index < -0.39 is 0 Å². The monoisotopic (exact) mass is 330 g/mol. The number of aryl methyl sites for hydroxylation is 1. The van der Waals surface area contributed by atoms with Crippen molar-refractivity contribution < 1.29 is 9.53 Å². The lowest BCUT2D eigenvalue weighted by Gasteiger charge is -2.28. The first kappa shape index (κ1) is 16.0. The van der Waals surface area contributed by atoms with E-state index in [1.54, 1.807) is 18.4 Å². The van der Waals surface area contributed by atoms with Gasteiger partial charge in [0.2, 0.25) is 5.91 Å². The van der Waals surface area contributed by atoms with Crippen molar-refractivity contribution in [1.29, 1.82) is 0 Å². The summed E-state index contributed by atoms with van der Waals surface area (Å²) >= 11 is 1.65. The second kappa shape index (κ2) is 6.71. The lowest BCUT2D eigenvalue weighted by Crippen LogP contribution is -2.44. The summed E-state index contributed by atoms with van der Waals surface area (Å²) in [5, 5.41) is 6.38. The highest BCUT2D eigenvalue weighted by molar-refractivity contribution is 7.09. The summed E-state index contributed by atoms with van der Waals surface area (Å²) in [6, 6.07) is 7.67. The van der Waals surface area contributed by atoms with E-state index >= 15 is 0 Å². The molecular formula is C18H22N2O2S. The topological polar surface area (TPSA) is 51.2 Å². The predicted molar refractivity (Wildman–Crippen MR) is 91.8 cm³/mol. The van der Waals surface area contributed by atoms with E-state index in [9.17, 15) is 4.79 Å². The third-order valence-electron chi connectivity index (χ3n) is 4.36. The number of aromatic nitrogens is 1. The Balaban J connectivity index is 1.74. The molecule has 1 heterocycles. The minimum atomic E-state index is -0.269. The van der Waals surface area contributed by atoms with Crippen LogP contribution in [0.2, 0.25) is 0 Å². The summed E-state index contributed by atoms with van der Waals surface area (Å²) in [7, 11) is 1.64. The Bertz CT molecular complexity index is 690. The van der Waals surface area contributed by atoms with Gasteiger partial charge in [-0.25, -0.2) is 4.98 Å². The van der Waals surface area contributed by atoms with E-state index in [1.165, 1.54) is 0 Å². The molecule has 1 aliphatic carbocycles. The average molecular weight is 330 g/mol. The second-order valence-electron chi connectivity index (χ2n) is 6.16. The van der Waals surface area contributed by atoms with E-state index in [0.717, 1.165) is 47.7 Å². The summed E-state index contributed by atoms with van der Waals surface area (Å²) in [6.07, 6.45) is 4.59. The Hall–Kier alpha value is -1.88. The first-order valence-corrected chi connectivity index (χ1v) is 8.86. The quantitative estimate of drug-likeness (QED) is 0.911. The van der Waals surface area contributed by atoms with Crippen LogP contribution in [-0.2, 0) is 16.8 Å². The number of carbonyl (C=O) groups excluding carboxylic acids is 1. The fourth-order valence-corrected chi connectivity index (χ4v) is 4.24. The molecule has 122 valence electrons.